The van der Waals surface area contributed by atoms with Gasteiger partial charge in [0.25, 0.3) is 0 Å². The molecule has 1 N–H and O–H groups in total. The molecule has 0 bridgehead atoms. The predicted molar refractivity (Wildman–Crippen MR) is 89.8 cm³/mol. The highest BCUT2D eigenvalue weighted by Gasteiger charge is 2.20. The summed E-state index contributed by atoms with van der Waals surface area (Å²) < 4.78 is 5.59. The summed E-state index contributed by atoms with van der Waals surface area (Å²) in [7, 11) is 1.73. The average molecular weight is 325 g/mol. The van der Waals surface area contributed by atoms with E-state index in [0.717, 1.165) is 11.1 Å². The second-order valence-corrected chi connectivity index (χ2v) is 5.66. The number of benzene rings is 1. The molecule has 2 amide bonds. The molecule has 2 heterocycles. The first kappa shape index (κ1) is 16.0. The Balaban J connectivity index is 1.66. The Morgan fingerprint density at radius 1 is 1.25 bits per heavy atom. The Morgan fingerprint density at radius 3 is 2.83 bits per heavy atom. The van der Waals surface area contributed by atoms with Crippen LogP contribution in [0.15, 0.2) is 42.7 Å². The van der Waals surface area contributed by atoms with E-state index in [0.29, 0.717) is 31.0 Å². The molecule has 0 aliphatic carbocycles. The van der Waals surface area contributed by atoms with Crippen molar-refractivity contribution in [3.05, 3.63) is 53.9 Å². The van der Waals surface area contributed by atoms with Crippen molar-refractivity contribution in [1.29, 1.82) is 0 Å². The average Bonchev–Trinajstić information content (AvgIpc) is 2.74. The molecule has 3 rings (SSSR count). The number of ether oxygens (including phenoxy) is 1. The highest BCUT2D eigenvalue weighted by Crippen LogP contribution is 2.31. The Hall–Kier alpha value is -2.89. The first-order chi connectivity index (χ1) is 11.6. The maximum atomic E-state index is 12.1. The van der Waals surface area contributed by atoms with Crippen molar-refractivity contribution in [2.24, 2.45) is 0 Å². The van der Waals surface area contributed by atoms with Crippen molar-refractivity contribution in [2.45, 2.75) is 19.4 Å². The number of hydrogen-bond acceptors (Lipinski definition) is 4. The zero-order valence-corrected chi connectivity index (χ0v) is 13.5. The van der Waals surface area contributed by atoms with Crippen molar-refractivity contribution < 1.29 is 14.3 Å². The van der Waals surface area contributed by atoms with Crippen LogP contribution < -0.4 is 15.0 Å². The van der Waals surface area contributed by atoms with Gasteiger partial charge in [0.2, 0.25) is 11.8 Å². The molecular weight excluding hydrogens is 306 g/mol. The van der Waals surface area contributed by atoms with E-state index in [2.05, 4.69) is 10.3 Å². The van der Waals surface area contributed by atoms with E-state index >= 15 is 0 Å². The van der Waals surface area contributed by atoms with Crippen molar-refractivity contribution >= 4 is 17.5 Å². The number of nitrogens with zero attached hydrogens (tertiary/aromatic N) is 2. The molecular formula is C18H19N3O3. The van der Waals surface area contributed by atoms with Crippen LogP contribution in [-0.4, -0.2) is 30.5 Å². The molecule has 1 aliphatic heterocycles. The molecule has 1 aromatic heterocycles. The number of pyridine rings is 1. The largest absolute Gasteiger partial charge is 0.491 e. The van der Waals surface area contributed by atoms with Gasteiger partial charge in [-0.1, -0.05) is 6.07 Å². The van der Waals surface area contributed by atoms with Gasteiger partial charge in [-0.2, -0.15) is 0 Å². The van der Waals surface area contributed by atoms with Gasteiger partial charge in [-0.25, -0.2) is 0 Å². The number of aromatic nitrogens is 1. The highest BCUT2D eigenvalue weighted by molar-refractivity contribution is 5.95. The fraction of sp³-hybridized carbons (Fsp3) is 0.278. The maximum Gasteiger partial charge on any atom is 0.230 e. The van der Waals surface area contributed by atoms with Crippen molar-refractivity contribution in [2.75, 3.05) is 18.6 Å². The molecule has 0 atom stereocenters. The van der Waals surface area contributed by atoms with Crippen LogP contribution >= 0.6 is 0 Å². The number of fused-ring (bicyclic) bond motifs is 1. The summed E-state index contributed by atoms with van der Waals surface area (Å²) in [6, 6.07) is 9.23. The SMILES string of the molecule is CN1C(=O)CCOc2ccc(CC(=O)NCc3ccncc3)cc21. The number of nitrogens with one attached hydrogen (secondary N) is 1. The predicted octanol–water partition coefficient (Wildman–Crippen LogP) is 1.69. The van der Waals surface area contributed by atoms with E-state index in [1.165, 1.54) is 0 Å². The molecule has 0 spiro atoms. The van der Waals surface area contributed by atoms with E-state index < -0.39 is 0 Å². The third-order valence-corrected chi connectivity index (χ3v) is 3.94. The molecule has 0 saturated heterocycles. The summed E-state index contributed by atoms with van der Waals surface area (Å²) in [5.74, 6) is 0.604. The first-order valence-electron chi connectivity index (χ1n) is 7.81. The standard InChI is InChI=1S/C18H19N3O3/c1-21-15-10-14(2-3-16(15)24-9-6-18(21)23)11-17(22)20-12-13-4-7-19-8-5-13/h2-5,7-8,10H,6,9,11-12H2,1H3,(H,20,22). The van der Waals surface area contributed by atoms with E-state index in [1.54, 1.807) is 24.3 Å². The van der Waals surface area contributed by atoms with Crippen LogP contribution in [0.1, 0.15) is 17.5 Å². The summed E-state index contributed by atoms with van der Waals surface area (Å²) in [6.07, 6.45) is 3.99. The topological polar surface area (TPSA) is 71.5 Å². The van der Waals surface area contributed by atoms with E-state index in [1.807, 2.05) is 30.3 Å². The minimum absolute atomic E-state index is 0.00744. The van der Waals surface area contributed by atoms with Gasteiger partial charge in [-0.3, -0.25) is 14.6 Å². The van der Waals surface area contributed by atoms with Crippen molar-refractivity contribution in [3.63, 3.8) is 0 Å². The van der Waals surface area contributed by atoms with Crippen LogP contribution in [0.2, 0.25) is 0 Å². The smallest absolute Gasteiger partial charge is 0.230 e. The Morgan fingerprint density at radius 2 is 2.04 bits per heavy atom. The lowest BCUT2D eigenvalue weighted by molar-refractivity contribution is -0.120. The first-order valence-corrected chi connectivity index (χ1v) is 7.81. The van der Waals surface area contributed by atoms with Crippen LogP contribution in [0.4, 0.5) is 5.69 Å². The summed E-state index contributed by atoms with van der Waals surface area (Å²) in [6.45, 7) is 0.843. The second kappa shape index (κ2) is 7.12. The molecule has 2 aromatic rings. The van der Waals surface area contributed by atoms with Gasteiger partial charge in [0, 0.05) is 26.0 Å². The van der Waals surface area contributed by atoms with Crippen LogP contribution in [0, 0.1) is 0 Å². The lowest BCUT2D eigenvalue weighted by Gasteiger charge is -2.17. The Bertz CT molecular complexity index is 746. The molecule has 0 saturated carbocycles. The molecule has 6 nitrogen and oxygen atoms in total. The van der Waals surface area contributed by atoms with E-state index in [-0.39, 0.29) is 18.2 Å². The lowest BCUT2D eigenvalue weighted by Crippen LogP contribution is -2.26. The van der Waals surface area contributed by atoms with E-state index in [9.17, 15) is 9.59 Å². The van der Waals surface area contributed by atoms with Gasteiger partial charge in [0.05, 0.1) is 25.1 Å². The molecule has 1 aromatic carbocycles. The number of carbonyl (C=O) groups is 2. The van der Waals surface area contributed by atoms with Gasteiger partial charge >= 0.3 is 0 Å². The van der Waals surface area contributed by atoms with Gasteiger partial charge in [-0.05, 0) is 35.4 Å². The summed E-state index contributed by atoms with van der Waals surface area (Å²) >= 11 is 0. The third kappa shape index (κ3) is 3.71. The monoisotopic (exact) mass is 325 g/mol. The van der Waals surface area contributed by atoms with Gasteiger partial charge < -0.3 is 15.0 Å². The van der Waals surface area contributed by atoms with Gasteiger partial charge in [0.1, 0.15) is 5.75 Å². The third-order valence-electron chi connectivity index (χ3n) is 3.94. The quantitative estimate of drug-likeness (QED) is 0.928. The van der Waals surface area contributed by atoms with Crippen LogP contribution in [0.3, 0.4) is 0 Å². The number of rotatable bonds is 4. The highest BCUT2D eigenvalue weighted by atomic mass is 16.5. The molecule has 24 heavy (non-hydrogen) atoms. The summed E-state index contributed by atoms with van der Waals surface area (Å²) in [4.78, 5) is 29.6. The van der Waals surface area contributed by atoms with Gasteiger partial charge in [-0.15, -0.1) is 0 Å². The van der Waals surface area contributed by atoms with Crippen LogP contribution in [0.25, 0.3) is 0 Å². The molecule has 1 aliphatic rings. The minimum atomic E-state index is -0.0738. The fourth-order valence-corrected chi connectivity index (χ4v) is 2.56. The maximum absolute atomic E-state index is 12.1. The summed E-state index contributed by atoms with van der Waals surface area (Å²) in [5.41, 5.74) is 2.54. The number of hydrogen-bond donors (Lipinski definition) is 1. The Kier molecular flexibility index (Phi) is 4.74. The van der Waals surface area contributed by atoms with Crippen molar-refractivity contribution in [3.8, 4) is 5.75 Å². The Labute approximate surface area is 140 Å². The normalized spacial score (nSPS) is 13.7. The number of amides is 2. The molecule has 0 unspecified atom stereocenters. The van der Waals surface area contributed by atoms with E-state index in [4.69, 9.17) is 4.74 Å². The van der Waals surface area contributed by atoms with Crippen LogP contribution in [0.5, 0.6) is 5.75 Å². The molecule has 6 heteroatoms. The van der Waals surface area contributed by atoms with Crippen LogP contribution in [-0.2, 0) is 22.6 Å². The summed E-state index contributed by atoms with van der Waals surface area (Å²) in [5, 5.41) is 2.88. The van der Waals surface area contributed by atoms with Crippen molar-refractivity contribution in [1.82, 2.24) is 10.3 Å². The fourth-order valence-electron chi connectivity index (χ4n) is 2.56. The molecule has 0 radical (unpaired) electrons. The minimum Gasteiger partial charge on any atom is -0.491 e. The molecule has 0 fully saturated rings. The molecule has 124 valence electrons. The zero-order chi connectivity index (χ0) is 16.9. The zero-order valence-electron chi connectivity index (χ0n) is 13.5. The second-order valence-electron chi connectivity index (χ2n) is 5.66. The lowest BCUT2D eigenvalue weighted by atomic mass is 10.1. The number of anilines is 1. The number of carbonyl (C=O) groups excluding carboxylic acids is 2. The van der Waals surface area contributed by atoms with Gasteiger partial charge in [0.15, 0.2) is 0 Å².